The van der Waals surface area contributed by atoms with Crippen molar-refractivity contribution in [1.82, 2.24) is 0 Å². The summed E-state index contributed by atoms with van der Waals surface area (Å²) in [4.78, 5) is 13.4. The van der Waals surface area contributed by atoms with Gasteiger partial charge in [0, 0.05) is 6.42 Å². The molecule has 0 aliphatic heterocycles. The van der Waals surface area contributed by atoms with Crippen LogP contribution >= 0.6 is 0 Å². The molecule has 2 unspecified atom stereocenters. The van der Waals surface area contributed by atoms with Gasteiger partial charge in [-0.15, -0.1) is 0 Å². The van der Waals surface area contributed by atoms with Crippen LogP contribution in [0.5, 0.6) is 0 Å². The van der Waals surface area contributed by atoms with Crippen molar-refractivity contribution >= 4 is 23.9 Å². The van der Waals surface area contributed by atoms with Crippen molar-refractivity contribution in [1.29, 1.82) is 0 Å². The second-order valence-electron chi connectivity index (χ2n) is 7.60. The summed E-state index contributed by atoms with van der Waals surface area (Å²) in [5, 5.41) is 2.96. The van der Waals surface area contributed by atoms with Gasteiger partial charge in [0.2, 0.25) is 0 Å². The van der Waals surface area contributed by atoms with Crippen LogP contribution < -0.4 is 10.4 Å². The van der Waals surface area contributed by atoms with E-state index in [9.17, 15) is 4.79 Å². The highest BCUT2D eigenvalue weighted by Crippen LogP contribution is 2.33. The lowest BCUT2D eigenvalue weighted by Gasteiger charge is -2.27. The zero-order valence-corrected chi connectivity index (χ0v) is 15.9. The Morgan fingerprint density at radius 1 is 0.958 bits per heavy atom. The molecule has 2 aromatic rings. The summed E-state index contributed by atoms with van der Waals surface area (Å²) in [7, 11) is -2.33. The van der Waals surface area contributed by atoms with E-state index in [1.807, 2.05) is 12.1 Å². The summed E-state index contributed by atoms with van der Waals surface area (Å²) in [6, 6.07) is 20.9. The summed E-state index contributed by atoms with van der Waals surface area (Å²) < 4.78 is 0. The number of hydrogen-bond donors (Lipinski definition) is 0. The quantitative estimate of drug-likeness (QED) is 0.722. The molecule has 1 fully saturated rings. The number of benzene rings is 2. The zero-order chi connectivity index (χ0) is 17.0. The van der Waals surface area contributed by atoms with Crippen LogP contribution in [0.4, 0.5) is 0 Å². The minimum absolute atomic E-state index is 0.486. The molecule has 2 atom stereocenters. The van der Waals surface area contributed by atoms with Gasteiger partial charge in [-0.3, -0.25) is 0 Å². The van der Waals surface area contributed by atoms with Crippen molar-refractivity contribution in [3.8, 4) is 0 Å². The van der Waals surface area contributed by atoms with Crippen molar-refractivity contribution in [2.24, 2.45) is 11.8 Å². The van der Waals surface area contributed by atoms with Crippen molar-refractivity contribution in [2.45, 2.75) is 45.6 Å². The molecule has 1 aliphatic carbocycles. The zero-order valence-electron chi connectivity index (χ0n) is 14.9. The van der Waals surface area contributed by atoms with Gasteiger partial charge in [-0.1, -0.05) is 87.0 Å². The molecule has 0 amide bonds. The predicted molar refractivity (Wildman–Crippen MR) is 105 cm³/mol. The number of carbonyl (C=O) groups is 1. The predicted octanol–water partition coefficient (Wildman–Crippen LogP) is 4.20. The molecule has 0 heterocycles. The van der Waals surface area contributed by atoms with Gasteiger partial charge in [0.05, 0.1) is 0 Å². The molecule has 2 heteroatoms. The van der Waals surface area contributed by atoms with Crippen molar-refractivity contribution in [2.75, 3.05) is 0 Å². The fourth-order valence-corrected chi connectivity index (χ4v) is 7.54. The molecule has 1 nitrogen and oxygen atoms in total. The highest BCUT2D eigenvalue weighted by Gasteiger charge is 2.39. The molecule has 3 rings (SSSR count). The van der Waals surface area contributed by atoms with Gasteiger partial charge in [0.15, 0.2) is 8.07 Å². The van der Waals surface area contributed by atoms with Crippen LogP contribution in [0.3, 0.4) is 0 Å². The van der Waals surface area contributed by atoms with Gasteiger partial charge in [-0.25, -0.2) is 0 Å². The van der Waals surface area contributed by atoms with Gasteiger partial charge in [-0.2, -0.15) is 0 Å². The normalized spacial score (nSPS) is 20.9. The van der Waals surface area contributed by atoms with Crippen LogP contribution in [0.15, 0.2) is 60.7 Å². The first-order valence-electron chi connectivity index (χ1n) is 9.25. The Bertz CT molecular complexity index is 625. The minimum Gasteiger partial charge on any atom is -0.305 e. The molecule has 0 saturated heterocycles. The molecule has 0 bridgehead atoms. The van der Waals surface area contributed by atoms with E-state index in [4.69, 9.17) is 0 Å². The van der Waals surface area contributed by atoms with Crippen molar-refractivity contribution < 1.29 is 4.79 Å². The van der Waals surface area contributed by atoms with Crippen LogP contribution in [-0.2, 0) is 4.79 Å². The summed E-state index contributed by atoms with van der Waals surface area (Å²) >= 11 is 0. The molecule has 1 saturated carbocycles. The molecule has 2 aromatic carbocycles. The maximum Gasteiger partial charge on any atom is 0.190 e. The molecular formula is C22H28OSi. The number of carbonyl (C=O) groups excluding carboxylic acids is 1. The van der Waals surface area contributed by atoms with Gasteiger partial charge >= 0.3 is 0 Å². The summed E-state index contributed by atoms with van der Waals surface area (Å²) in [6.45, 7) is 4.58. The molecule has 24 heavy (non-hydrogen) atoms. The minimum atomic E-state index is -2.33. The Hall–Kier alpha value is -1.67. The third kappa shape index (κ3) is 3.54. The molecule has 0 N–H and O–H groups in total. The lowest BCUT2D eigenvalue weighted by Crippen LogP contribution is -2.62. The maximum absolute atomic E-state index is 13.4. The monoisotopic (exact) mass is 336 g/mol. The van der Waals surface area contributed by atoms with Gasteiger partial charge in [0.25, 0.3) is 0 Å². The molecule has 0 radical (unpaired) electrons. The second-order valence-corrected chi connectivity index (χ2v) is 11.6. The average Bonchev–Trinajstić information content (AvgIpc) is 3.05. The highest BCUT2D eigenvalue weighted by atomic mass is 28.3. The van der Waals surface area contributed by atoms with Crippen LogP contribution in [0.2, 0.25) is 6.55 Å². The van der Waals surface area contributed by atoms with E-state index in [2.05, 4.69) is 62.0 Å². The Morgan fingerprint density at radius 3 is 1.96 bits per heavy atom. The van der Waals surface area contributed by atoms with E-state index >= 15 is 0 Å². The first kappa shape index (κ1) is 17.2. The fourth-order valence-electron chi connectivity index (χ4n) is 4.20. The largest absolute Gasteiger partial charge is 0.305 e. The third-order valence-corrected chi connectivity index (χ3v) is 10.2. The van der Waals surface area contributed by atoms with E-state index in [1.165, 1.54) is 29.6 Å². The van der Waals surface area contributed by atoms with Gasteiger partial charge < -0.3 is 4.79 Å². The molecule has 0 aromatic heterocycles. The Morgan fingerprint density at radius 2 is 1.50 bits per heavy atom. The maximum atomic E-state index is 13.4. The van der Waals surface area contributed by atoms with E-state index in [0.29, 0.717) is 5.41 Å². The second kappa shape index (κ2) is 7.48. The topological polar surface area (TPSA) is 17.1 Å². The Kier molecular flexibility index (Phi) is 5.35. The number of rotatable bonds is 6. The third-order valence-electron chi connectivity index (χ3n) is 5.84. The van der Waals surface area contributed by atoms with E-state index < -0.39 is 8.07 Å². The van der Waals surface area contributed by atoms with Crippen LogP contribution in [-0.4, -0.2) is 13.5 Å². The molecular weight excluding hydrogens is 308 g/mol. The first-order valence-corrected chi connectivity index (χ1v) is 11.7. The summed E-state index contributed by atoms with van der Waals surface area (Å²) in [5.41, 5.74) is 0. The molecule has 0 spiro atoms. The highest BCUT2D eigenvalue weighted by molar-refractivity contribution is 7.21. The van der Waals surface area contributed by atoms with Crippen LogP contribution in [0.1, 0.15) is 39.0 Å². The van der Waals surface area contributed by atoms with Gasteiger partial charge in [0.1, 0.15) is 5.41 Å². The Labute approximate surface area is 147 Å². The van der Waals surface area contributed by atoms with Crippen molar-refractivity contribution in [3.63, 3.8) is 0 Å². The molecule has 1 aliphatic rings. The van der Waals surface area contributed by atoms with E-state index in [1.54, 1.807) is 0 Å². The molecule has 126 valence electrons. The standard InChI is InChI=1S/C22H28OSi/c1-18-13-14-19(17-18)15-16-22(23)24(2,20-9-5-3-6-10-20)21-11-7-4-8-12-21/h3-12,18-19H,13-17H2,1-2H3. The van der Waals surface area contributed by atoms with E-state index in [-0.39, 0.29) is 0 Å². The summed E-state index contributed by atoms with van der Waals surface area (Å²) in [5.74, 6) is 1.60. The first-order chi connectivity index (χ1) is 11.6. The Balaban J connectivity index is 1.83. The number of hydrogen-bond acceptors (Lipinski definition) is 1. The SMILES string of the molecule is CC1CCC(CCC(=O)[Si](C)(c2ccccc2)c2ccccc2)C1. The van der Waals surface area contributed by atoms with E-state index in [0.717, 1.165) is 24.7 Å². The fraction of sp³-hybridized carbons (Fsp3) is 0.409. The van der Waals surface area contributed by atoms with Crippen molar-refractivity contribution in [3.05, 3.63) is 60.7 Å². The smallest absolute Gasteiger partial charge is 0.190 e. The van der Waals surface area contributed by atoms with Gasteiger partial charge in [-0.05, 0) is 35.1 Å². The van der Waals surface area contributed by atoms with Crippen LogP contribution in [0, 0.1) is 11.8 Å². The lowest BCUT2D eigenvalue weighted by molar-refractivity contribution is -0.112. The van der Waals surface area contributed by atoms with Crippen LogP contribution in [0.25, 0.3) is 0 Å². The lowest BCUT2D eigenvalue weighted by atomic mass is 10.0. The average molecular weight is 337 g/mol. The summed E-state index contributed by atoms with van der Waals surface area (Å²) in [6.07, 6.45) is 5.77.